The zero-order chi connectivity index (χ0) is 8.74. The lowest BCUT2D eigenvalue weighted by Gasteiger charge is -2.03. The molecule has 0 aliphatic carbocycles. The number of hydrogen-bond donors (Lipinski definition) is 1. The van der Waals surface area contributed by atoms with E-state index in [2.05, 4.69) is 0 Å². The Morgan fingerprint density at radius 1 is 1.18 bits per heavy atom. The van der Waals surface area contributed by atoms with Crippen molar-refractivity contribution < 1.29 is 18.3 Å². The third kappa shape index (κ3) is 10.4. The molecule has 0 bridgehead atoms. The van der Waals surface area contributed by atoms with E-state index in [4.69, 9.17) is 5.11 Å². The van der Waals surface area contributed by atoms with Crippen molar-refractivity contribution in [3.05, 3.63) is 0 Å². The van der Waals surface area contributed by atoms with Crippen LogP contribution in [0.4, 0.5) is 13.2 Å². The van der Waals surface area contributed by atoms with Gasteiger partial charge >= 0.3 is 5.51 Å². The Bertz CT molecular complexity index is 96.2. The summed E-state index contributed by atoms with van der Waals surface area (Å²) in [6.07, 6.45) is 0.482. The van der Waals surface area contributed by atoms with E-state index in [-0.39, 0.29) is 23.5 Å². The Labute approximate surface area is 71.7 Å². The highest BCUT2D eigenvalue weighted by molar-refractivity contribution is 8.00. The molecule has 0 aliphatic rings. The second kappa shape index (κ2) is 6.02. The first-order chi connectivity index (χ1) is 5.06. The SMILES string of the molecule is OCSCCCSC(F)(F)F. The van der Waals surface area contributed by atoms with Crippen molar-refractivity contribution in [3.8, 4) is 0 Å². The first-order valence-electron chi connectivity index (χ1n) is 2.95. The van der Waals surface area contributed by atoms with Gasteiger partial charge in [0.1, 0.15) is 0 Å². The van der Waals surface area contributed by atoms with Crippen LogP contribution in [-0.4, -0.2) is 28.1 Å². The molecular formula is C5H9F3OS2. The van der Waals surface area contributed by atoms with Gasteiger partial charge in [-0.1, -0.05) is 11.8 Å². The van der Waals surface area contributed by atoms with Crippen molar-refractivity contribution in [2.75, 3.05) is 17.4 Å². The van der Waals surface area contributed by atoms with Gasteiger partial charge in [-0.2, -0.15) is 13.2 Å². The maximum absolute atomic E-state index is 11.5. The van der Waals surface area contributed by atoms with E-state index in [1.807, 2.05) is 0 Å². The third-order valence-electron chi connectivity index (χ3n) is 0.790. The van der Waals surface area contributed by atoms with Crippen LogP contribution in [0, 0.1) is 0 Å². The van der Waals surface area contributed by atoms with Crippen LogP contribution in [0.2, 0.25) is 0 Å². The Morgan fingerprint density at radius 3 is 2.27 bits per heavy atom. The molecular weight excluding hydrogens is 197 g/mol. The summed E-state index contributed by atoms with van der Waals surface area (Å²) < 4.78 is 34.4. The molecule has 0 aromatic rings. The number of halogens is 3. The zero-order valence-electron chi connectivity index (χ0n) is 5.73. The number of rotatable bonds is 5. The van der Waals surface area contributed by atoms with E-state index in [9.17, 15) is 13.2 Å². The molecule has 0 fully saturated rings. The molecule has 0 heterocycles. The molecule has 0 rings (SSSR count). The van der Waals surface area contributed by atoms with E-state index < -0.39 is 5.51 Å². The predicted molar refractivity (Wildman–Crippen MR) is 42.7 cm³/mol. The zero-order valence-corrected chi connectivity index (χ0v) is 7.36. The van der Waals surface area contributed by atoms with Crippen LogP contribution in [0.5, 0.6) is 0 Å². The lowest BCUT2D eigenvalue weighted by atomic mass is 10.6. The summed E-state index contributed by atoms with van der Waals surface area (Å²) in [4.78, 5) is 0. The molecule has 0 aromatic carbocycles. The van der Waals surface area contributed by atoms with Crippen molar-refractivity contribution in [2.24, 2.45) is 0 Å². The lowest BCUT2D eigenvalue weighted by molar-refractivity contribution is -0.0327. The minimum absolute atomic E-state index is 0.0110. The number of alkyl halides is 3. The van der Waals surface area contributed by atoms with Gasteiger partial charge in [0, 0.05) is 5.75 Å². The third-order valence-corrected chi connectivity index (χ3v) is 2.37. The van der Waals surface area contributed by atoms with Crippen molar-refractivity contribution >= 4 is 23.5 Å². The molecule has 68 valence electrons. The van der Waals surface area contributed by atoms with E-state index in [1.54, 1.807) is 0 Å². The van der Waals surface area contributed by atoms with E-state index in [1.165, 1.54) is 11.8 Å². The normalized spacial score (nSPS) is 12.0. The average Bonchev–Trinajstić information content (AvgIpc) is 1.85. The highest BCUT2D eigenvalue weighted by Gasteiger charge is 2.27. The van der Waals surface area contributed by atoms with Crippen LogP contribution < -0.4 is 0 Å². The molecule has 0 radical (unpaired) electrons. The maximum atomic E-state index is 11.5. The summed E-state index contributed by atoms with van der Waals surface area (Å²) in [6.45, 7) is 0. The fraction of sp³-hybridized carbons (Fsp3) is 1.00. The summed E-state index contributed by atoms with van der Waals surface area (Å²) >= 11 is 1.22. The monoisotopic (exact) mass is 206 g/mol. The van der Waals surface area contributed by atoms with Gasteiger partial charge in [0.2, 0.25) is 0 Å². The van der Waals surface area contributed by atoms with Gasteiger partial charge in [0.25, 0.3) is 0 Å². The first kappa shape index (κ1) is 11.4. The van der Waals surface area contributed by atoms with Gasteiger partial charge in [0.15, 0.2) is 0 Å². The van der Waals surface area contributed by atoms with Crippen molar-refractivity contribution in [3.63, 3.8) is 0 Å². The molecule has 0 saturated heterocycles. The highest BCUT2D eigenvalue weighted by atomic mass is 32.2. The molecule has 0 atom stereocenters. The van der Waals surface area contributed by atoms with Crippen LogP contribution in [-0.2, 0) is 0 Å². The molecule has 1 nitrogen and oxygen atoms in total. The molecule has 1 N–H and O–H groups in total. The van der Waals surface area contributed by atoms with E-state index in [0.29, 0.717) is 12.2 Å². The van der Waals surface area contributed by atoms with Crippen LogP contribution in [0.15, 0.2) is 0 Å². The molecule has 6 heteroatoms. The van der Waals surface area contributed by atoms with Crippen molar-refractivity contribution in [1.82, 2.24) is 0 Å². The Morgan fingerprint density at radius 2 is 1.82 bits per heavy atom. The summed E-state index contributed by atoms with van der Waals surface area (Å²) in [5.74, 6) is 0.646. The van der Waals surface area contributed by atoms with Gasteiger partial charge in [-0.25, -0.2) is 0 Å². The average molecular weight is 206 g/mol. The van der Waals surface area contributed by atoms with Crippen molar-refractivity contribution in [1.29, 1.82) is 0 Å². The summed E-state index contributed by atoms with van der Waals surface area (Å²) in [5, 5.41) is 8.26. The molecule has 0 spiro atoms. The van der Waals surface area contributed by atoms with Crippen LogP contribution in [0.25, 0.3) is 0 Å². The molecule has 0 aromatic heterocycles. The van der Waals surface area contributed by atoms with Crippen LogP contribution >= 0.6 is 23.5 Å². The minimum atomic E-state index is -4.11. The number of aliphatic hydroxyl groups excluding tert-OH is 1. The maximum Gasteiger partial charge on any atom is 0.441 e. The minimum Gasteiger partial charge on any atom is -0.386 e. The Balaban J connectivity index is 3.02. The van der Waals surface area contributed by atoms with E-state index in [0.717, 1.165) is 0 Å². The number of hydrogen-bond acceptors (Lipinski definition) is 3. The van der Waals surface area contributed by atoms with Gasteiger partial charge in [-0.05, 0) is 12.2 Å². The second-order valence-electron chi connectivity index (χ2n) is 1.69. The lowest BCUT2D eigenvalue weighted by Crippen LogP contribution is -2.01. The largest absolute Gasteiger partial charge is 0.441 e. The van der Waals surface area contributed by atoms with Gasteiger partial charge in [0.05, 0.1) is 5.94 Å². The topological polar surface area (TPSA) is 20.2 Å². The standard InChI is InChI=1S/C5H9F3OS2/c6-5(7,8)11-3-1-2-10-4-9/h9H,1-4H2. The highest BCUT2D eigenvalue weighted by Crippen LogP contribution is 2.30. The van der Waals surface area contributed by atoms with Crippen molar-refractivity contribution in [2.45, 2.75) is 11.9 Å². The molecule has 0 saturated carbocycles. The van der Waals surface area contributed by atoms with Gasteiger partial charge in [-0.3, -0.25) is 0 Å². The van der Waals surface area contributed by atoms with E-state index >= 15 is 0 Å². The Hall–Kier alpha value is 0.450. The fourth-order valence-corrected chi connectivity index (χ4v) is 1.59. The van der Waals surface area contributed by atoms with Crippen LogP contribution in [0.3, 0.4) is 0 Å². The first-order valence-corrected chi connectivity index (χ1v) is 5.09. The second-order valence-corrected chi connectivity index (χ2v) is 3.92. The summed E-state index contributed by atoms with van der Waals surface area (Å²) in [7, 11) is 0. The molecule has 11 heavy (non-hydrogen) atoms. The Kier molecular flexibility index (Phi) is 6.27. The summed E-state index contributed by atoms with van der Waals surface area (Å²) in [6, 6.07) is 0. The summed E-state index contributed by atoms with van der Waals surface area (Å²) in [5.41, 5.74) is -4.11. The van der Waals surface area contributed by atoms with Gasteiger partial charge < -0.3 is 5.11 Å². The predicted octanol–water partition coefficient (Wildman–Crippen LogP) is 2.31. The molecule has 0 aliphatic heterocycles. The number of aliphatic hydroxyl groups is 1. The molecule has 0 unspecified atom stereocenters. The van der Waals surface area contributed by atoms with Gasteiger partial charge in [-0.15, -0.1) is 11.8 Å². The fourth-order valence-electron chi connectivity index (χ4n) is 0.413. The van der Waals surface area contributed by atoms with Crippen LogP contribution in [0.1, 0.15) is 6.42 Å². The smallest absolute Gasteiger partial charge is 0.386 e. The molecule has 0 amide bonds. The number of thioether (sulfide) groups is 2. The quantitative estimate of drug-likeness (QED) is 0.550.